The minimum absolute atomic E-state index is 0.110. The summed E-state index contributed by atoms with van der Waals surface area (Å²) in [6, 6.07) is 12.9. The molecule has 0 fully saturated rings. The molecule has 6 rings (SSSR count). The van der Waals surface area contributed by atoms with Crippen molar-refractivity contribution in [2.45, 2.75) is 25.8 Å². The normalized spacial score (nSPS) is 14.1. The Morgan fingerprint density at radius 1 is 1.12 bits per heavy atom. The molecule has 4 aromatic heterocycles. The summed E-state index contributed by atoms with van der Waals surface area (Å²) in [5, 5.41) is 10.9. The van der Waals surface area contributed by atoms with E-state index in [1.807, 2.05) is 31.2 Å². The quantitative estimate of drug-likeness (QED) is 0.252. The van der Waals surface area contributed by atoms with E-state index < -0.39 is 6.09 Å². The van der Waals surface area contributed by atoms with Crippen LogP contribution in [-0.4, -0.2) is 60.9 Å². The van der Waals surface area contributed by atoms with Crippen LogP contribution in [0, 0.1) is 6.92 Å². The predicted molar refractivity (Wildman–Crippen MR) is 156 cm³/mol. The summed E-state index contributed by atoms with van der Waals surface area (Å²) in [5.74, 6) is 1.05. The van der Waals surface area contributed by atoms with Crippen molar-refractivity contribution in [1.29, 1.82) is 0 Å². The maximum Gasteiger partial charge on any atom is 0.412 e. The van der Waals surface area contributed by atoms with Crippen molar-refractivity contribution in [3.63, 3.8) is 0 Å². The first kappa shape index (κ1) is 27.4. The Morgan fingerprint density at radius 3 is 2.76 bits per heavy atom. The molecule has 0 saturated carbocycles. The van der Waals surface area contributed by atoms with E-state index in [4.69, 9.17) is 21.1 Å². The number of H-pyrrole nitrogens is 1. The average Bonchev–Trinajstić information content (AvgIpc) is 3.73. The smallest absolute Gasteiger partial charge is 0.412 e. The summed E-state index contributed by atoms with van der Waals surface area (Å²) >= 11 is 6.02. The molecule has 1 aliphatic heterocycles. The Labute approximate surface area is 245 Å². The van der Waals surface area contributed by atoms with E-state index >= 15 is 0 Å². The first-order valence-electron chi connectivity index (χ1n) is 13.3. The van der Waals surface area contributed by atoms with Crippen LogP contribution in [0.5, 0.6) is 0 Å². The summed E-state index contributed by atoms with van der Waals surface area (Å²) in [5.41, 5.74) is 5.87. The highest BCUT2D eigenvalue weighted by atomic mass is 35.5. The van der Waals surface area contributed by atoms with Crippen molar-refractivity contribution in [2.24, 2.45) is 0 Å². The van der Waals surface area contributed by atoms with E-state index in [1.165, 1.54) is 7.11 Å². The largest absolute Gasteiger partial charge is 0.447 e. The minimum Gasteiger partial charge on any atom is -0.447 e. The SMILES string of the molecule is COCCOC(=O)Nc1ccc(-c2cnc([C@@H]3CCc4cc(-c5cc(C)ccc5-n5cc(Cl)nn5)cc(=O)n43)[nH]2)cn1. The van der Waals surface area contributed by atoms with Crippen LogP contribution < -0.4 is 10.9 Å². The average molecular weight is 587 g/mol. The Balaban J connectivity index is 1.23. The second-order valence-corrected chi connectivity index (χ2v) is 10.3. The Hall–Kier alpha value is -4.81. The van der Waals surface area contributed by atoms with Crippen LogP contribution in [0.1, 0.15) is 29.5 Å². The van der Waals surface area contributed by atoms with Crippen molar-refractivity contribution in [2.75, 3.05) is 25.6 Å². The molecule has 0 radical (unpaired) electrons. The van der Waals surface area contributed by atoms with Gasteiger partial charge in [0.2, 0.25) is 0 Å². The number of hydrogen-bond donors (Lipinski definition) is 2. The van der Waals surface area contributed by atoms with Crippen LogP contribution in [0.15, 0.2) is 65.8 Å². The molecular weight excluding hydrogens is 560 g/mol. The molecule has 214 valence electrons. The number of rotatable bonds is 8. The van der Waals surface area contributed by atoms with Crippen molar-refractivity contribution in [1.82, 2.24) is 34.5 Å². The molecule has 5 aromatic rings. The third-order valence-corrected chi connectivity index (χ3v) is 7.22. The summed E-state index contributed by atoms with van der Waals surface area (Å²) in [6.45, 7) is 2.47. The van der Waals surface area contributed by atoms with Gasteiger partial charge in [0.1, 0.15) is 18.2 Å². The van der Waals surface area contributed by atoms with Gasteiger partial charge in [-0.15, -0.1) is 5.10 Å². The van der Waals surface area contributed by atoms with Crippen LogP contribution in [0.4, 0.5) is 10.6 Å². The summed E-state index contributed by atoms with van der Waals surface area (Å²) in [7, 11) is 1.53. The van der Waals surface area contributed by atoms with Gasteiger partial charge < -0.3 is 19.0 Å². The van der Waals surface area contributed by atoms with Gasteiger partial charge in [0.05, 0.1) is 36.4 Å². The minimum atomic E-state index is -0.606. The van der Waals surface area contributed by atoms with Gasteiger partial charge in [0.25, 0.3) is 5.56 Å². The molecule has 5 heterocycles. The number of aromatic nitrogens is 7. The molecule has 0 saturated heterocycles. The number of fused-ring (bicyclic) bond motifs is 1. The molecule has 1 aliphatic rings. The van der Waals surface area contributed by atoms with Crippen LogP contribution in [-0.2, 0) is 15.9 Å². The fraction of sp³-hybridized carbons (Fsp3) is 0.241. The summed E-state index contributed by atoms with van der Waals surface area (Å²) in [4.78, 5) is 37.6. The van der Waals surface area contributed by atoms with Gasteiger partial charge in [-0.1, -0.05) is 28.4 Å². The number of ether oxygens (including phenoxy) is 2. The molecule has 0 bridgehead atoms. The Bertz CT molecular complexity index is 1810. The number of hydrogen-bond acceptors (Lipinski definition) is 8. The molecule has 2 N–H and O–H groups in total. The highest BCUT2D eigenvalue weighted by molar-refractivity contribution is 6.29. The maximum absolute atomic E-state index is 13.5. The number of halogens is 1. The van der Waals surface area contributed by atoms with Gasteiger partial charge in [0, 0.05) is 36.2 Å². The van der Waals surface area contributed by atoms with Gasteiger partial charge >= 0.3 is 6.09 Å². The van der Waals surface area contributed by atoms with E-state index in [-0.39, 0.29) is 23.4 Å². The lowest BCUT2D eigenvalue weighted by atomic mass is 10.0. The van der Waals surface area contributed by atoms with E-state index in [2.05, 4.69) is 36.6 Å². The first-order valence-corrected chi connectivity index (χ1v) is 13.7. The number of nitrogens with one attached hydrogen (secondary N) is 2. The van der Waals surface area contributed by atoms with Gasteiger partial charge in [-0.25, -0.2) is 19.4 Å². The summed E-state index contributed by atoms with van der Waals surface area (Å²) < 4.78 is 13.3. The van der Waals surface area contributed by atoms with Gasteiger partial charge in [-0.2, -0.15) is 0 Å². The zero-order valence-electron chi connectivity index (χ0n) is 22.9. The molecule has 1 amide bonds. The van der Waals surface area contributed by atoms with E-state index in [1.54, 1.807) is 40.0 Å². The van der Waals surface area contributed by atoms with Crippen molar-refractivity contribution >= 4 is 23.5 Å². The molecular formula is C29H27ClN8O4. The van der Waals surface area contributed by atoms with Gasteiger partial charge in [-0.05, 0) is 55.7 Å². The van der Waals surface area contributed by atoms with Crippen LogP contribution in [0.2, 0.25) is 5.15 Å². The molecule has 0 aliphatic carbocycles. The molecule has 0 unspecified atom stereocenters. The second-order valence-electron chi connectivity index (χ2n) is 9.87. The predicted octanol–water partition coefficient (Wildman–Crippen LogP) is 4.57. The number of amides is 1. The summed E-state index contributed by atoms with van der Waals surface area (Å²) in [6.07, 6.45) is 5.84. The third kappa shape index (κ3) is 5.54. The number of benzene rings is 1. The number of anilines is 1. The zero-order valence-corrected chi connectivity index (χ0v) is 23.6. The monoisotopic (exact) mass is 586 g/mol. The highest BCUT2D eigenvalue weighted by Crippen LogP contribution is 2.34. The zero-order chi connectivity index (χ0) is 29.2. The number of imidazole rings is 1. The number of aromatic amines is 1. The molecule has 1 aromatic carbocycles. The second kappa shape index (κ2) is 11.6. The van der Waals surface area contributed by atoms with Crippen molar-refractivity contribution in [3.8, 4) is 28.1 Å². The lowest BCUT2D eigenvalue weighted by Gasteiger charge is -2.15. The van der Waals surface area contributed by atoms with E-state index in [0.717, 1.165) is 52.2 Å². The lowest BCUT2D eigenvalue weighted by molar-refractivity contribution is 0.107. The van der Waals surface area contributed by atoms with Crippen LogP contribution >= 0.6 is 11.6 Å². The number of pyridine rings is 2. The molecule has 13 heteroatoms. The first-order chi connectivity index (χ1) is 20.4. The fourth-order valence-corrected chi connectivity index (χ4v) is 5.22. The van der Waals surface area contributed by atoms with Gasteiger partial charge in [0.15, 0.2) is 5.15 Å². The number of methoxy groups -OCH3 is 1. The maximum atomic E-state index is 13.5. The fourth-order valence-electron chi connectivity index (χ4n) is 5.09. The Morgan fingerprint density at radius 2 is 2.00 bits per heavy atom. The van der Waals surface area contributed by atoms with Gasteiger partial charge in [-0.3, -0.25) is 10.1 Å². The van der Waals surface area contributed by atoms with Crippen molar-refractivity contribution < 1.29 is 14.3 Å². The number of nitrogens with zero attached hydrogens (tertiary/aromatic N) is 6. The molecule has 0 spiro atoms. The lowest BCUT2D eigenvalue weighted by Crippen LogP contribution is -2.23. The highest BCUT2D eigenvalue weighted by Gasteiger charge is 2.28. The topological polar surface area (TPSA) is 142 Å². The molecule has 1 atom stereocenters. The van der Waals surface area contributed by atoms with E-state index in [0.29, 0.717) is 18.2 Å². The van der Waals surface area contributed by atoms with Crippen LogP contribution in [0.25, 0.3) is 28.1 Å². The number of aryl methyl sites for hydroxylation is 2. The Kier molecular flexibility index (Phi) is 7.55. The molecule has 12 nitrogen and oxygen atoms in total. The van der Waals surface area contributed by atoms with E-state index in [9.17, 15) is 9.59 Å². The van der Waals surface area contributed by atoms with Crippen molar-refractivity contribution in [3.05, 3.63) is 93.6 Å². The number of carbonyl (C=O) groups is 1. The standard InChI is InChI=1S/C29H27ClN8O4/c1-17-3-6-23(37-16-25(30)35-36-37)21(11-17)19-12-20-5-7-24(38(20)27(39)13-19)28-32-15-22(33-28)18-4-8-26(31-14-18)34-29(40)42-10-9-41-2/h3-4,6,8,11-16,24H,5,7,9-10H2,1-2H3,(H,32,33)(H,31,34,40)/t24-/m0/s1. The third-order valence-electron chi connectivity index (χ3n) is 7.05. The molecule has 42 heavy (non-hydrogen) atoms. The number of carbonyl (C=O) groups excluding carboxylic acids is 1. The van der Waals surface area contributed by atoms with Crippen LogP contribution in [0.3, 0.4) is 0 Å².